The van der Waals surface area contributed by atoms with Crippen molar-refractivity contribution in [2.45, 2.75) is 38.9 Å². The van der Waals surface area contributed by atoms with Crippen molar-refractivity contribution in [1.29, 1.82) is 0 Å². The summed E-state index contributed by atoms with van der Waals surface area (Å²) in [6, 6.07) is 13.2. The van der Waals surface area contributed by atoms with Gasteiger partial charge in [-0.3, -0.25) is 9.59 Å². The molecule has 0 aliphatic carbocycles. The van der Waals surface area contributed by atoms with Crippen LogP contribution in [0.3, 0.4) is 0 Å². The number of halogens is 1. The fourth-order valence-electron chi connectivity index (χ4n) is 3.52. The van der Waals surface area contributed by atoms with E-state index in [0.717, 1.165) is 5.56 Å². The summed E-state index contributed by atoms with van der Waals surface area (Å²) in [5.74, 6) is -0.0766. The number of rotatable bonds is 6. The van der Waals surface area contributed by atoms with Crippen molar-refractivity contribution in [3.05, 3.63) is 82.8 Å². The van der Waals surface area contributed by atoms with Crippen molar-refractivity contribution >= 4 is 11.8 Å². The predicted octanol–water partition coefficient (Wildman–Crippen LogP) is 3.31. The summed E-state index contributed by atoms with van der Waals surface area (Å²) in [7, 11) is 0. The van der Waals surface area contributed by atoms with Crippen LogP contribution in [0.5, 0.6) is 0 Å². The maximum absolute atomic E-state index is 14.0. The van der Waals surface area contributed by atoms with Gasteiger partial charge in [0.2, 0.25) is 11.8 Å². The van der Waals surface area contributed by atoms with E-state index in [2.05, 4.69) is 15.5 Å². The number of likely N-dealkylation sites (tertiary alicyclic amines) is 1. The van der Waals surface area contributed by atoms with Crippen LogP contribution in [0, 0.1) is 12.7 Å². The summed E-state index contributed by atoms with van der Waals surface area (Å²) in [6.45, 7) is 2.15. The van der Waals surface area contributed by atoms with E-state index >= 15 is 0 Å². The van der Waals surface area contributed by atoms with Crippen molar-refractivity contribution < 1.29 is 18.5 Å². The number of carbonyl (C=O) groups excluding carboxylic acids is 2. The molecule has 1 aliphatic rings. The molecule has 7 nitrogen and oxygen atoms in total. The number of amides is 2. The molecule has 8 heteroatoms. The van der Waals surface area contributed by atoms with Crippen molar-refractivity contribution in [3.8, 4) is 0 Å². The lowest BCUT2D eigenvalue weighted by Gasteiger charge is -2.22. The Hall–Kier alpha value is -3.55. The Kier molecular flexibility index (Phi) is 5.56. The summed E-state index contributed by atoms with van der Waals surface area (Å²) >= 11 is 0. The van der Waals surface area contributed by atoms with Gasteiger partial charge in [0, 0.05) is 24.1 Å². The molecule has 154 valence electrons. The van der Waals surface area contributed by atoms with Gasteiger partial charge in [-0.05, 0) is 31.5 Å². The molecule has 0 radical (unpaired) electrons. The molecule has 1 aliphatic heterocycles. The van der Waals surface area contributed by atoms with Gasteiger partial charge < -0.3 is 14.7 Å². The maximum Gasteiger partial charge on any atom is 0.251 e. The number of hydrogen-bond donors (Lipinski definition) is 1. The van der Waals surface area contributed by atoms with Crippen LogP contribution in [0.15, 0.2) is 53.1 Å². The quantitative estimate of drug-likeness (QED) is 0.676. The molecule has 1 saturated heterocycles. The van der Waals surface area contributed by atoms with Gasteiger partial charge in [-0.2, -0.15) is 4.98 Å². The number of carbonyl (C=O) groups is 2. The Morgan fingerprint density at radius 1 is 1.27 bits per heavy atom. The monoisotopic (exact) mass is 408 g/mol. The maximum atomic E-state index is 14.0. The number of aromatic nitrogens is 2. The molecular weight excluding hydrogens is 387 g/mol. The van der Waals surface area contributed by atoms with E-state index in [1.807, 2.05) is 19.1 Å². The van der Waals surface area contributed by atoms with Gasteiger partial charge in [-0.15, -0.1) is 0 Å². The third-order valence-corrected chi connectivity index (χ3v) is 5.08. The smallest absolute Gasteiger partial charge is 0.251 e. The standard InChI is InChI=1S/C22H21FN4O3/c1-14-5-4-7-15(11-14)21(29)24-12-19-25-22(30-26-19)18-9-10-20(28)27(18)13-16-6-2-3-8-17(16)23/h2-8,11,18H,9-10,12-13H2,1H3,(H,24,29)/t18-/m0/s1. The van der Waals surface area contributed by atoms with Crippen LogP contribution in [0.4, 0.5) is 4.39 Å². The fraction of sp³-hybridized carbons (Fsp3) is 0.273. The Labute approximate surface area is 172 Å². The van der Waals surface area contributed by atoms with E-state index in [9.17, 15) is 14.0 Å². The van der Waals surface area contributed by atoms with Gasteiger partial charge in [0.25, 0.3) is 5.91 Å². The second-order valence-corrected chi connectivity index (χ2v) is 7.27. The van der Waals surface area contributed by atoms with Gasteiger partial charge in [-0.1, -0.05) is 41.1 Å². The molecule has 0 spiro atoms. The van der Waals surface area contributed by atoms with Gasteiger partial charge in [0.1, 0.15) is 11.9 Å². The minimum Gasteiger partial charge on any atom is -0.345 e. The molecule has 2 amide bonds. The van der Waals surface area contributed by atoms with Crippen LogP contribution in [-0.2, 0) is 17.9 Å². The highest BCUT2D eigenvalue weighted by Crippen LogP contribution is 2.33. The van der Waals surface area contributed by atoms with E-state index in [1.54, 1.807) is 35.2 Å². The highest BCUT2D eigenvalue weighted by Gasteiger charge is 2.36. The Morgan fingerprint density at radius 3 is 2.90 bits per heavy atom. The molecule has 1 fully saturated rings. The third-order valence-electron chi connectivity index (χ3n) is 5.08. The summed E-state index contributed by atoms with van der Waals surface area (Å²) in [4.78, 5) is 30.5. The minimum absolute atomic E-state index is 0.0873. The lowest BCUT2D eigenvalue weighted by atomic mass is 10.1. The molecule has 1 atom stereocenters. The zero-order valence-electron chi connectivity index (χ0n) is 16.5. The van der Waals surface area contributed by atoms with Crippen LogP contribution in [0.2, 0.25) is 0 Å². The van der Waals surface area contributed by atoms with Crippen LogP contribution < -0.4 is 5.32 Å². The van der Waals surface area contributed by atoms with Crippen molar-refractivity contribution in [2.24, 2.45) is 0 Å². The number of aryl methyl sites for hydroxylation is 1. The third kappa shape index (κ3) is 4.22. The molecule has 2 heterocycles. The molecule has 1 N–H and O–H groups in total. The summed E-state index contributed by atoms with van der Waals surface area (Å²) in [5, 5.41) is 6.67. The summed E-state index contributed by atoms with van der Waals surface area (Å²) < 4.78 is 19.4. The van der Waals surface area contributed by atoms with Crippen molar-refractivity contribution in [3.63, 3.8) is 0 Å². The molecule has 30 heavy (non-hydrogen) atoms. The first kappa shape index (κ1) is 19.8. The van der Waals surface area contributed by atoms with Crippen LogP contribution in [-0.4, -0.2) is 26.9 Å². The Morgan fingerprint density at radius 2 is 2.10 bits per heavy atom. The second kappa shape index (κ2) is 8.44. The first-order valence-electron chi connectivity index (χ1n) is 9.71. The molecule has 0 bridgehead atoms. The van der Waals surface area contributed by atoms with Crippen LogP contribution in [0.1, 0.15) is 52.1 Å². The largest absolute Gasteiger partial charge is 0.345 e. The van der Waals surface area contributed by atoms with Gasteiger partial charge in [-0.25, -0.2) is 4.39 Å². The Bertz CT molecular complexity index is 1080. The van der Waals surface area contributed by atoms with Gasteiger partial charge in [0.05, 0.1) is 6.54 Å². The second-order valence-electron chi connectivity index (χ2n) is 7.27. The highest BCUT2D eigenvalue weighted by atomic mass is 19.1. The molecule has 0 unspecified atom stereocenters. The predicted molar refractivity (Wildman–Crippen MR) is 106 cm³/mol. The van der Waals surface area contributed by atoms with E-state index < -0.39 is 6.04 Å². The molecular formula is C22H21FN4O3. The SMILES string of the molecule is Cc1cccc(C(=O)NCc2noc([C@@H]3CCC(=O)N3Cc3ccccc3F)n2)c1. The lowest BCUT2D eigenvalue weighted by Crippen LogP contribution is -2.28. The van der Waals surface area contributed by atoms with E-state index in [0.29, 0.717) is 29.8 Å². The van der Waals surface area contributed by atoms with E-state index in [-0.39, 0.29) is 36.6 Å². The first-order chi connectivity index (χ1) is 14.5. The van der Waals surface area contributed by atoms with Crippen LogP contribution >= 0.6 is 0 Å². The molecule has 1 aromatic heterocycles. The molecule has 3 aromatic rings. The van der Waals surface area contributed by atoms with Crippen molar-refractivity contribution in [1.82, 2.24) is 20.4 Å². The number of nitrogens with one attached hydrogen (secondary N) is 1. The molecule has 4 rings (SSSR count). The number of nitrogens with zero attached hydrogens (tertiary/aromatic N) is 3. The number of benzene rings is 2. The van der Waals surface area contributed by atoms with Crippen LogP contribution in [0.25, 0.3) is 0 Å². The molecule has 0 saturated carbocycles. The average molecular weight is 408 g/mol. The highest BCUT2D eigenvalue weighted by molar-refractivity contribution is 5.94. The van der Waals surface area contributed by atoms with Gasteiger partial charge >= 0.3 is 0 Å². The normalized spacial score (nSPS) is 16.1. The zero-order valence-corrected chi connectivity index (χ0v) is 16.5. The molecule has 2 aromatic carbocycles. The average Bonchev–Trinajstić information content (AvgIpc) is 3.35. The minimum atomic E-state index is -0.411. The van der Waals surface area contributed by atoms with E-state index in [4.69, 9.17) is 4.52 Å². The van der Waals surface area contributed by atoms with E-state index in [1.165, 1.54) is 6.07 Å². The van der Waals surface area contributed by atoms with Gasteiger partial charge in [0.15, 0.2) is 5.82 Å². The zero-order chi connectivity index (χ0) is 21.1. The Balaban J connectivity index is 1.43. The first-order valence-corrected chi connectivity index (χ1v) is 9.71. The topological polar surface area (TPSA) is 88.3 Å². The lowest BCUT2D eigenvalue weighted by molar-refractivity contribution is -0.130. The summed E-state index contributed by atoms with van der Waals surface area (Å²) in [5.41, 5.74) is 1.98. The fourth-order valence-corrected chi connectivity index (χ4v) is 3.52. The summed E-state index contributed by atoms with van der Waals surface area (Å²) in [6.07, 6.45) is 0.853. The van der Waals surface area contributed by atoms with Crippen molar-refractivity contribution in [2.75, 3.05) is 0 Å². The number of hydrogen-bond acceptors (Lipinski definition) is 5.